The largest absolute Gasteiger partial charge is 0.351 e. The van der Waals surface area contributed by atoms with E-state index in [-0.39, 0.29) is 0 Å². The zero-order valence-corrected chi connectivity index (χ0v) is 11.9. The highest BCUT2D eigenvalue weighted by Gasteiger charge is 2.28. The number of aromatic amines is 1. The topological polar surface area (TPSA) is 68.9 Å². The Labute approximate surface area is 118 Å². The second kappa shape index (κ2) is 4.68. The SMILES string of the molecule is C[C@H]1CCc2[nH+]c(N)c(C#N)c(-c3cccn3C)c2C1. The molecule has 1 atom stereocenters. The average molecular weight is 267 g/mol. The van der Waals surface area contributed by atoms with Gasteiger partial charge in [0.05, 0.1) is 0 Å². The van der Waals surface area contributed by atoms with Gasteiger partial charge >= 0.3 is 0 Å². The summed E-state index contributed by atoms with van der Waals surface area (Å²) in [6, 6.07) is 6.33. The molecular weight excluding hydrogens is 248 g/mol. The Balaban J connectivity index is 2.33. The van der Waals surface area contributed by atoms with Crippen molar-refractivity contribution in [1.29, 1.82) is 5.26 Å². The summed E-state index contributed by atoms with van der Waals surface area (Å²) in [6.45, 7) is 2.26. The van der Waals surface area contributed by atoms with Crippen LogP contribution in [-0.4, -0.2) is 4.57 Å². The number of anilines is 1. The number of nitrogens with zero attached hydrogens (tertiary/aromatic N) is 2. The van der Waals surface area contributed by atoms with Crippen molar-refractivity contribution in [2.24, 2.45) is 13.0 Å². The Bertz CT molecular complexity index is 706. The van der Waals surface area contributed by atoms with Crippen LogP contribution >= 0.6 is 0 Å². The summed E-state index contributed by atoms with van der Waals surface area (Å²) < 4.78 is 2.05. The Kier molecular flexibility index (Phi) is 2.98. The Hall–Kier alpha value is -2.28. The van der Waals surface area contributed by atoms with Gasteiger partial charge < -0.3 is 4.57 Å². The summed E-state index contributed by atoms with van der Waals surface area (Å²) in [4.78, 5) is 3.24. The van der Waals surface area contributed by atoms with Crippen molar-refractivity contribution in [3.05, 3.63) is 35.2 Å². The quantitative estimate of drug-likeness (QED) is 0.859. The number of nitrogen functional groups attached to an aromatic ring is 1. The van der Waals surface area contributed by atoms with Crippen LogP contribution in [0.3, 0.4) is 0 Å². The van der Waals surface area contributed by atoms with Crippen molar-refractivity contribution in [1.82, 2.24) is 4.57 Å². The van der Waals surface area contributed by atoms with Crippen LogP contribution in [-0.2, 0) is 19.9 Å². The third-order valence-corrected chi connectivity index (χ3v) is 4.22. The minimum atomic E-state index is 0.483. The first-order valence-electron chi connectivity index (χ1n) is 7.00. The van der Waals surface area contributed by atoms with Gasteiger partial charge in [-0.3, -0.25) is 5.73 Å². The molecule has 102 valence electrons. The van der Waals surface area contributed by atoms with Crippen LogP contribution in [0.15, 0.2) is 18.3 Å². The number of pyridine rings is 1. The second-order valence-corrected chi connectivity index (χ2v) is 5.71. The molecule has 0 bridgehead atoms. The van der Waals surface area contributed by atoms with Crippen LogP contribution in [0, 0.1) is 17.2 Å². The Morgan fingerprint density at radius 1 is 1.50 bits per heavy atom. The number of aromatic nitrogens is 2. The van der Waals surface area contributed by atoms with E-state index in [2.05, 4.69) is 28.6 Å². The lowest BCUT2D eigenvalue weighted by Crippen LogP contribution is -2.27. The molecule has 1 aliphatic rings. The molecule has 0 unspecified atom stereocenters. The number of hydrogen-bond acceptors (Lipinski definition) is 2. The van der Waals surface area contributed by atoms with Crippen molar-refractivity contribution < 1.29 is 4.98 Å². The van der Waals surface area contributed by atoms with Gasteiger partial charge in [-0.2, -0.15) is 5.26 Å². The monoisotopic (exact) mass is 267 g/mol. The van der Waals surface area contributed by atoms with Gasteiger partial charge in [0, 0.05) is 36.5 Å². The van der Waals surface area contributed by atoms with E-state index in [1.165, 1.54) is 17.7 Å². The van der Waals surface area contributed by atoms with Crippen molar-refractivity contribution in [2.75, 3.05) is 5.73 Å². The van der Waals surface area contributed by atoms with Crippen LogP contribution in [0.5, 0.6) is 0 Å². The van der Waals surface area contributed by atoms with Gasteiger partial charge in [-0.15, -0.1) is 0 Å². The van der Waals surface area contributed by atoms with E-state index >= 15 is 0 Å². The molecule has 2 aromatic rings. The number of nitrogens with one attached hydrogen (secondary N) is 1. The van der Waals surface area contributed by atoms with Gasteiger partial charge in [-0.05, 0) is 30.9 Å². The number of rotatable bonds is 1. The summed E-state index contributed by atoms with van der Waals surface area (Å²) in [5.41, 5.74) is 11.2. The fourth-order valence-electron chi connectivity index (χ4n) is 3.14. The van der Waals surface area contributed by atoms with Gasteiger partial charge in [0.2, 0.25) is 0 Å². The van der Waals surface area contributed by atoms with Crippen molar-refractivity contribution >= 4 is 5.82 Å². The summed E-state index contributed by atoms with van der Waals surface area (Å²) in [5.74, 6) is 1.13. The second-order valence-electron chi connectivity index (χ2n) is 5.71. The summed E-state index contributed by atoms with van der Waals surface area (Å²) >= 11 is 0. The summed E-state index contributed by atoms with van der Waals surface area (Å²) in [6.07, 6.45) is 5.18. The molecule has 0 saturated carbocycles. The lowest BCUT2D eigenvalue weighted by molar-refractivity contribution is -0.375. The molecule has 0 radical (unpaired) electrons. The molecule has 4 heteroatoms. The minimum absolute atomic E-state index is 0.483. The van der Waals surface area contributed by atoms with Gasteiger partial charge in [-0.25, -0.2) is 4.98 Å². The number of H-pyrrole nitrogens is 1. The lowest BCUT2D eigenvalue weighted by atomic mass is 9.83. The smallest absolute Gasteiger partial charge is 0.289 e. The Morgan fingerprint density at radius 3 is 2.95 bits per heavy atom. The zero-order chi connectivity index (χ0) is 14.3. The molecule has 4 nitrogen and oxygen atoms in total. The molecule has 3 rings (SSSR count). The predicted molar refractivity (Wildman–Crippen MR) is 77.7 cm³/mol. The maximum atomic E-state index is 9.50. The van der Waals surface area contributed by atoms with E-state index in [0.717, 1.165) is 24.1 Å². The van der Waals surface area contributed by atoms with E-state index in [0.29, 0.717) is 17.3 Å². The summed E-state index contributed by atoms with van der Waals surface area (Å²) in [5, 5.41) is 9.50. The van der Waals surface area contributed by atoms with Gasteiger partial charge in [0.25, 0.3) is 5.82 Å². The first-order chi connectivity index (χ1) is 9.61. The van der Waals surface area contributed by atoms with E-state index < -0.39 is 0 Å². The van der Waals surface area contributed by atoms with E-state index in [4.69, 9.17) is 5.73 Å². The predicted octanol–water partition coefficient (Wildman–Crippen LogP) is 2.08. The first kappa shape index (κ1) is 12.7. The van der Waals surface area contributed by atoms with Crippen LogP contribution in [0.1, 0.15) is 30.2 Å². The molecule has 0 saturated heterocycles. The van der Waals surface area contributed by atoms with Gasteiger partial charge in [0.15, 0.2) is 5.56 Å². The fourth-order valence-corrected chi connectivity index (χ4v) is 3.14. The lowest BCUT2D eigenvalue weighted by Gasteiger charge is -2.23. The van der Waals surface area contributed by atoms with Crippen LogP contribution < -0.4 is 10.7 Å². The molecule has 3 N–H and O–H groups in total. The molecule has 0 amide bonds. The van der Waals surface area contributed by atoms with Gasteiger partial charge in [0.1, 0.15) is 11.8 Å². The highest BCUT2D eigenvalue weighted by Crippen LogP contribution is 2.35. The zero-order valence-electron chi connectivity index (χ0n) is 11.9. The number of nitriles is 1. The number of fused-ring (bicyclic) bond motifs is 1. The van der Waals surface area contributed by atoms with Crippen molar-refractivity contribution in [3.63, 3.8) is 0 Å². The molecule has 2 aromatic heterocycles. The van der Waals surface area contributed by atoms with Crippen LogP contribution in [0.2, 0.25) is 0 Å². The fraction of sp³-hybridized carbons (Fsp3) is 0.375. The number of aryl methyl sites for hydroxylation is 2. The molecule has 2 heterocycles. The Morgan fingerprint density at radius 2 is 2.30 bits per heavy atom. The normalized spacial score (nSPS) is 17.6. The molecule has 0 aromatic carbocycles. The maximum absolute atomic E-state index is 9.50. The molecular formula is C16H19N4+. The van der Waals surface area contributed by atoms with Crippen molar-refractivity contribution in [2.45, 2.75) is 26.2 Å². The highest BCUT2D eigenvalue weighted by atomic mass is 14.9. The molecule has 0 fully saturated rings. The van der Waals surface area contributed by atoms with E-state index in [1.54, 1.807) is 0 Å². The number of nitrogens with two attached hydrogens (primary N) is 1. The standard InChI is InChI=1S/C16H18N4/c1-10-5-6-13-11(8-10)15(12(9-17)16(18)19-13)14-4-3-7-20(14)2/h3-4,7,10H,5-6,8H2,1-2H3,(H2,18,19)/p+1/t10-/m0/s1. The van der Waals surface area contributed by atoms with Gasteiger partial charge in [-0.1, -0.05) is 6.92 Å². The average Bonchev–Trinajstić information content (AvgIpc) is 2.84. The summed E-state index contributed by atoms with van der Waals surface area (Å²) in [7, 11) is 2.00. The number of hydrogen-bond donors (Lipinski definition) is 1. The highest BCUT2D eigenvalue weighted by molar-refractivity contribution is 5.76. The third-order valence-electron chi connectivity index (χ3n) is 4.22. The van der Waals surface area contributed by atoms with Crippen molar-refractivity contribution in [3.8, 4) is 17.3 Å². The third kappa shape index (κ3) is 1.87. The molecule has 0 aliphatic heterocycles. The first-order valence-corrected chi connectivity index (χ1v) is 7.00. The molecule has 1 aliphatic carbocycles. The van der Waals surface area contributed by atoms with E-state index in [9.17, 15) is 5.26 Å². The van der Waals surface area contributed by atoms with E-state index in [1.807, 2.05) is 19.3 Å². The van der Waals surface area contributed by atoms with Crippen LogP contribution in [0.25, 0.3) is 11.3 Å². The molecule has 20 heavy (non-hydrogen) atoms. The minimum Gasteiger partial charge on any atom is -0.351 e. The molecule has 0 spiro atoms. The van der Waals surface area contributed by atoms with Crippen LogP contribution in [0.4, 0.5) is 5.82 Å². The maximum Gasteiger partial charge on any atom is 0.289 e.